The van der Waals surface area contributed by atoms with Gasteiger partial charge < -0.3 is 4.74 Å². The predicted molar refractivity (Wildman–Crippen MR) is 70.1 cm³/mol. The van der Waals surface area contributed by atoms with Gasteiger partial charge in [0, 0.05) is 11.8 Å². The molecule has 18 heavy (non-hydrogen) atoms. The van der Waals surface area contributed by atoms with Crippen molar-refractivity contribution in [3.05, 3.63) is 45.9 Å². The lowest BCUT2D eigenvalue weighted by molar-refractivity contribution is -0.124. The minimum atomic E-state index is -0.343. The van der Waals surface area contributed by atoms with Gasteiger partial charge in [-0.15, -0.1) is 11.3 Å². The fourth-order valence-corrected chi connectivity index (χ4v) is 2.76. The van der Waals surface area contributed by atoms with Crippen molar-refractivity contribution in [2.45, 2.75) is 25.9 Å². The Balaban J connectivity index is 1.69. The van der Waals surface area contributed by atoms with Gasteiger partial charge in [0.25, 0.3) is 0 Å². The average Bonchev–Trinajstić information content (AvgIpc) is 2.95. The minimum Gasteiger partial charge on any atom is -0.482 e. The van der Waals surface area contributed by atoms with Crippen LogP contribution in [0.4, 0.5) is 0 Å². The van der Waals surface area contributed by atoms with E-state index in [-0.39, 0.29) is 11.9 Å². The number of hydrogen-bond acceptors (Lipinski definition) is 4. The molecule has 1 aliphatic heterocycles. The van der Waals surface area contributed by atoms with E-state index < -0.39 is 0 Å². The van der Waals surface area contributed by atoms with Gasteiger partial charge in [0.05, 0.1) is 17.1 Å². The number of carbonyl (C=O) groups excluding carboxylic acids is 1. The first-order valence-corrected chi connectivity index (χ1v) is 6.78. The Labute approximate surface area is 109 Å². The fraction of sp³-hybridized carbons (Fsp3) is 0.286. The Hall–Kier alpha value is -1.68. The van der Waals surface area contributed by atoms with Gasteiger partial charge in [-0.05, 0) is 18.6 Å². The van der Waals surface area contributed by atoms with Gasteiger partial charge in [0.15, 0.2) is 11.9 Å². The standard InChI is InChI=1S/C14H13NO2S/c1-9-15-11(8-18-9)7-12(16)14-6-10-4-2-3-5-13(10)17-14/h2-5,8,14H,6-7H2,1H3. The number of thiazole rings is 1. The number of fused-ring (bicyclic) bond motifs is 1. The van der Waals surface area contributed by atoms with Crippen molar-refractivity contribution in [3.8, 4) is 5.75 Å². The number of nitrogens with zero attached hydrogens (tertiary/aromatic N) is 1. The molecule has 1 atom stereocenters. The van der Waals surface area contributed by atoms with E-state index in [1.54, 1.807) is 11.3 Å². The zero-order chi connectivity index (χ0) is 12.5. The van der Waals surface area contributed by atoms with Gasteiger partial charge in [-0.2, -0.15) is 0 Å². The molecule has 0 saturated carbocycles. The van der Waals surface area contributed by atoms with E-state index in [1.165, 1.54) is 0 Å². The van der Waals surface area contributed by atoms with E-state index in [9.17, 15) is 4.79 Å². The van der Waals surface area contributed by atoms with Crippen molar-refractivity contribution in [1.29, 1.82) is 0 Å². The van der Waals surface area contributed by atoms with Gasteiger partial charge in [-0.25, -0.2) is 4.98 Å². The molecule has 0 bridgehead atoms. The Morgan fingerprint density at radius 3 is 3.06 bits per heavy atom. The third-order valence-corrected chi connectivity index (χ3v) is 3.85. The highest BCUT2D eigenvalue weighted by molar-refractivity contribution is 7.09. The van der Waals surface area contributed by atoms with Crippen LogP contribution in [0.1, 0.15) is 16.3 Å². The third-order valence-electron chi connectivity index (χ3n) is 3.03. The number of ketones is 1. The second-order valence-corrected chi connectivity index (χ2v) is 5.48. The molecule has 0 fully saturated rings. The molecule has 3 nitrogen and oxygen atoms in total. The summed E-state index contributed by atoms with van der Waals surface area (Å²) in [6.45, 7) is 1.95. The SMILES string of the molecule is Cc1nc(CC(=O)C2Cc3ccccc3O2)cs1. The number of hydrogen-bond donors (Lipinski definition) is 0. The van der Waals surface area contributed by atoms with E-state index in [0.717, 1.165) is 22.0 Å². The first kappa shape index (κ1) is 11.4. The highest BCUT2D eigenvalue weighted by Gasteiger charge is 2.28. The fourth-order valence-electron chi connectivity index (χ4n) is 2.14. The lowest BCUT2D eigenvalue weighted by Crippen LogP contribution is -2.26. The van der Waals surface area contributed by atoms with Crippen LogP contribution >= 0.6 is 11.3 Å². The average molecular weight is 259 g/mol. The third kappa shape index (κ3) is 2.16. The van der Waals surface area contributed by atoms with Gasteiger partial charge >= 0.3 is 0 Å². The van der Waals surface area contributed by atoms with Crippen LogP contribution in [0.15, 0.2) is 29.6 Å². The Bertz CT molecular complexity index is 566. The van der Waals surface area contributed by atoms with E-state index >= 15 is 0 Å². The lowest BCUT2D eigenvalue weighted by atomic mass is 10.0. The quantitative estimate of drug-likeness (QED) is 0.850. The Morgan fingerprint density at radius 2 is 2.33 bits per heavy atom. The predicted octanol–water partition coefficient (Wildman–Crippen LogP) is 2.57. The monoisotopic (exact) mass is 259 g/mol. The number of para-hydroxylation sites is 1. The molecular formula is C14H13NO2S. The van der Waals surface area contributed by atoms with Gasteiger partial charge in [-0.1, -0.05) is 18.2 Å². The second-order valence-electron chi connectivity index (χ2n) is 4.42. The number of ether oxygens (including phenoxy) is 1. The summed E-state index contributed by atoms with van der Waals surface area (Å²) in [5.41, 5.74) is 1.97. The first-order chi connectivity index (χ1) is 8.72. The zero-order valence-corrected chi connectivity index (χ0v) is 10.9. The molecule has 1 aromatic heterocycles. The van der Waals surface area contributed by atoms with Crippen LogP contribution < -0.4 is 4.74 Å². The smallest absolute Gasteiger partial charge is 0.179 e. The highest BCUT2D eigenvalue weighted by atomic mass is 32.1. The normalized spacial score (nSPS) is 17.3. The summed E-state index contributed by atoms with van der Waals surface area (Å²) in [5.74, 6) is 0.946. The van der Waals surface area contributed by atoms with E-state index in [1.807, 2.05) is 36.6 Å². The molecule has 0 N–H and O–H groups in total. The van der Waals surface area contributed by atoms with E-state index in [0.29, 0.717) is 12.8 Å². The van der Waals surface area contributed by atoms with Crippen molar-refractivity contribution in [1.82, 2.24) is 4.98 Å². The Kier molecular flexibility index (Phi) is 2.88. The lowest BCUT2D eigenvalue weighted by Gasteiger charge is -2.08. The molecule has 0 spiro atoms. The minimum absolute atomic E-state index is 0.108. The summed E-state index contributed by atoms with van der Waals surface area (Å²) >= 11 is 1.57. The summed E-state index contributed by atoms with van der Waals surface area (Å²) in [4.78, 5) is 16.4. The second kappa shape index (κ2) is 4.53. The summed E-state index contributed by atoms with van der Waals surface area (Å²) in [5, 5.41) is 2.93. The Morgan fingerprint density at radius 1 is 1.50 bits per heavy atom. The maximum atomic E-state index is 12.1. The molecule has 1 aromatic carbocycles. The van der Waals surface area contributed by atoms with E-state index in [4.69, 9.17) is 4.74 Å². The van der Waals surface area contributed by atoms with Crippen LogP contribution in [0.3, 0.4) is 0 Å². The van der Waals surface area contributed by atoms with Crippen molar-refractivity contribution in [3.63, 3.8) is 0 Å². The largest absolute Gasteiger partial charge is 0.482 e. The number of carbonyl (C=O) groups is 1. The van der Waals surface area contributed by atoms with Crippen LogP contribution in [0.2, 0.25) is 0 Å². The topological polar surface area (TPSA) is 39.2 Å². The molecule has 92 valence electrons. The van der Waals surface area contributed by atoms with Crippen molar-refractivity contribution < 1.29 is 9.53 Å². The van der Waals surface area contributed by atoms with Gasteiger partial charge in [0.1, 0.15) is 5.75 Å². The molecule has 0 aliphatic carbocycles. The summed E-state index contributed by atoms with van der Waals surface area (Å²) in [7, 11) is 0. The molecular weight excluding hydrogens is 246 g/mol. The molecule has 4 heteroatoms. The van der Waals surface area contributed by atoms with Crippen LogP contribution in [-0.2, 0) is 17.6 Å². The number of aryl methyl sites for hydroxylation is 1. The molecule has 1 unspecified atom stereocenters. The number of aromatic nitrogens is 1. The number of Topliss-reactive ketones (excluding diaryl/α,β-unsaturated/α-hetero) is 1. The van der Waals surface area contributed by atoms with Gasteiger partial charge in [0.2, 0.25) is 0 Å². The molecule has 0 saturated heterocycles. The number of rotatable bonds is 3. The van der Waals surface area contributed by atoms with Crippen molar-refractivity contribution in [2.75, 3.05) is 0 Å². The first-order valence-electron chi connectivity index (χ1n) is 5.90. The van der Waals surface area contributed by atoms with E-state index in [2.05, 4.69) is 4.98 Å². The molecule has 1 aliphatic rings. The zero-order valence-electron chi connectivity index (χ0n) is 10.1. The maximum Gasteiger partial charge on any atom is 0.179 e. The summed E-state index contributed by atoms with van der Waals surface area (Å²) < 4.78 is 5.67. The molecule has 0 radical (unpaired) electrons. The number of benzene rings is 1. The molecule has 3 rings (SSSR count). The maximum absolute atomic E-state index is 12.1. The summed E-state index contributed by atoms with van der Waals surface area (Å²) in [6, 6.07) is 7.82. The van der Waals surface area contributed by atoms with Crippen LogP contribution in [0, 0.1) is 6.92 Å². The molecule has 0 amide bonds. The van der Waals surface area contributed by atoms with Crippen molar-refractivity contribution >= 4 is 17.1 Å². The van der Waals surface area contributed by atoms with Crippen LogP contribution in [0.25, 0.3) is 0 Å². The molecule has 2 heterocycles. The van der Waals surface area contributed by atoms with Crippen LogP contribution in [0.5, 0.6) is 5.75 Å². The molecule has 2 aromatic rings. The summed E-state index contributed by atoms with van der Waals surface area (Å²) in [6.07, 6.45) is 0.700. The van der Waals surface area contributed by atoms with Gasteiger partial charge in [-0.3, -0.25) is 4.79 Å². The van der Waals surface area contributed by atoms with Crippen molar-refractivity contribution in [2.24, 2.45) is 0 Å². The van der Waals surface area contributed by atoms with Crippen LogP contribution in [-0.4, -0.2) is 16.9 Å². The highest BCUT2D eigenvalue weighted by Crippen LogP contribution is 2.28.